The molecule has 17 unspecified atom stereocenters. The second-order valence-corrected chi connectivity index (χ2v) is 36.0. The zero-order valence-corrected chi connectivity index (χ0v) is 69.9. The van der Waals surface area contributed by atoms with Gasteiger partial charge in [0.25, 0.3) is 0 Å². The number of halogens is 6. The van der Waals surface area contributed by atoms with E-state index in [4.69, 9.17) is 14.2 Å². The molecule has 0 spiro atoms. The highest BCUT2D eigenvalue weighted by Gasteiger charge is 2.58. The summed E-state index contributed by atoms with van der Waals surface area (Å²) < 4.78 is 120. The second-order valence-electron chi connectivity index (χ2n) is 36.0. The molecule has 626 valence electrons. The van der Waals surface area contributed by atoms with Crippen molar-refractivity contribution in [2.75, 3.05) is 4.90 Å². The zero-order chi connectivity index (χ0) is 84.6. The van der Waals surface area contributed by atoms with Crippen LogP contribution < -0.4 is 14.4 Å². The molecule has 0 radical (unpaired) electrons. The Morgan fingerprint density at radius 2 is 1.24 bits per heavy atom. The molecule has 125 heavy (non-hydrogen) atoms. The van der Waals surface area contributed by atoms with Gasteiger partial charge < -0.3 is 24.0 Å². The molecule has 1 fully saturated rings. The third kappa shape index (κ3) is 14.4. The summed E-state index contributed by atoms with van der Waals surface area (Å²) in [5.74, 6) is 0.523. The minimum atomic E-state index is -1.65. The molecular weight excluding hydrogens is 1560 g/mol. The first kappa shape index (κ1) is 80.0. The summed E-state index contributed by atoms with van der Waals surface area (Å²) in [6, 6.07) is 41.4. The monoisotopic (exact) mass is 1660 g/mol. The Hall–Kier alpha value is -12.2. The molecule has 0 amide bonds. The Balaban J connectivity index is 0.612. The van der Waals surface area contributed by atoms with E-state index in [1.807, 2.05) is 94.8 Å². The van der Waals surface area contributed by atoms with Crippen molar-refractivity contribution in [2.24, 2.45) is 35.5 Å². The van der Waals surface area contributed by atoms with E-state index in [-0.39, 0.29) is 113 Å². The number of anilines is 1. The molecule has 6 aromatic carbocycles. The highest BCUT2D eigenvalue weighted by atomic mass is 19.2. The molecule has 1 saturated heterocycles. The van der Waals surface area contributed by atoms with Crippen LogP contribution in [0.25, 0.3) is 28.9 Å². The van der Waals surface area contributed by atoms with E-state index in [9.17, 15) is 8.78 Å². The Bertz CT molecular complexity index is 6140. The van der Waals surface area contributed by atoms with Crippen LogP contribution in [0.2, 0.25) is 0 Å². The summed E-state index contributed by atoms with van der Waals surface area (Å²) in [5, 5.41) is 0. The summed E-state index contributed by atoms with van der Waals surface area (Å²) in [4.78, 5) is 3.84. The molecule has 17 atom stereocenters. The number of allylic oxidation sites excluding steroid dienone is 33. The van der Waals surface area contributed by atoms with Crippen LogP contribution in [0.1, 0.15) is 151 Å². The molecule has 0 bridgehead atoms. The van der Waals surface area contributed by atoms with Crippen molar-refractivity contribution >= 4 is 23.4 Å². The van der Waals surface area contributed by atoms with Gasteiger partial charge >= 0.3 is 0 Å². The fourth-order valence-corrected chi connectivity index (χ4v) is 23.4. The Morgan fingerprint density at radius 1 is 0.512 bits per heavy atom. The van der Waals surface area contributed by atoms with Gasteiger partial charge in [0, 0.05) is 94.8 Å². The molecule has 0 N–H and O–H groups in total. The predicted molar refractivity (Wildman–Crippen MR) is 493 cm³/mol. The minimum Gasteiger partial charge on any atom is -0.486 e. The van der Waals surface area contributed by atoms with Gasteiger partial charge in [-0.05, 0) is 244 Å². The lowest BCUT2D eigenvalue weighted by atomic mass is 9.56. The quantitative estimate of drug-likeness (QED) is 0.0562. The fourth-order valence-electron chi connectivity index (χ4n) is 23.4. The normalized spacial score (nSPS) is 30.4. The van der Waals surface area contributed by atoms with Crippen LogP contribution in [0, 0.1) is 47.1 Å². The van der Waals surface area contributed by atoms with Gasteiger partial charge in [-0.25, -0.2) is 26.3 Å². The van der Waals surface area contributed by atoms with Gasteiger partial charge in [-0.1, -0.05) is 256 Å². The van der Waals surface area contributed by atoms with E-state index in [0.717, 1.165) is 72.5 Å². The second kappa shape index (κ2) is 33.4. The maximum absolute atomic E-state index is 18.0. The zero-order valence-electron chi connectivity index (χ0n) is 69.9. The molecular formula is C114H100F6N2O3. The van der Waals surface area contributed by atoms with Crippen molar-refractivity contribution in [2.45, 2.75) is 149 Å². The van der Waals surface area contributed by atoms with E-state index in [1.165, 1.54) is 81.0 Å². The van der Waals surface area contributed by atoms with Gasteiger partial charge in [0.05, 0.1) is 29.6 Å². The maximum atomic E-state index is 18.0. The topological polar surface area (TPSA) is 34.2 Å². The first-order valence-corrected chi connectivity index (χ1v) is 45.0. The molecule has 0 aromatic heterocycles. The molecule has 11 heteroatoms. The molecule has 1 heterocycles. The maximum Gasteiger partial charge on any atom is 0.147 e. The first-order valence-electron chi connectivity index (χ1n) is 45.0. The summed E-state index contributed by atoms with van der Waals surface area (Å²) in [5.41, 5.74) is 16.3. The molecule has 6 aromatic rings. The lowest BCUT2D eigenvalue weighted by molar-refractivity contribution is 0.0877. The van der Waals surface area contributed by atoms with Crippen LogP contribution in [0.4, 0.5) is 32.0 Å². The average molecular weight is 1660 g/mol. The van der Waals surface area contributed by atoms with Crippen molar-refractivity contribution in [3.8, 4) is 22.6 Å². The number of hydrogen-bond donors (Lipinski definition) is 0. The number of benzene rings is 6. The van der Waals surface area contributed by atoms with E-state index in [2.05, 4.69) is 214 Å². The van der Waals surface area contributed by atoms with Crippen molar-refractivity contribution in [3.05, 3.63) is 454 Å². The Kier molecular flexibility index (Phi) is 21.4. The van der Waals surface area contributed by atoms with Gasteiger partial charge in [-0.2, -0.15) is 0 Å². The van der Waals surface area contributed by atoms with Crippen LogP contribution in [-0.2, 0) is 15.6 Å². The van der Waals surface area contributed by atoms with Crippen LogP contribution >= 0.6 is 0 Å². The van der Waals surface area contributed by atoms with Gasteiger partial charge in [0.15, 0.2) is 0 Å². The van der Waals surface area contributed by atoms with E-state index in [1.54, 1.807) is 12.2 Å². The highest BCUT2D eigenvalue weighted by Crippen LogP contribution is 2.65. The standard InChI is InChI=1S/C114H100F6N2O3/c1-3-71-23-51-89(52-24-71)123-91-55-37-81(38-56-91)113(79-15-7-5-8-16-79)101-21-13-11-19-93(101)95-59-35-77(63-103(95)113)73-31-45-85(46-32-73)121(109-69-105(117)97(67-107(109)119)75-27-41-83(115)42-28-75)87-49-61-111-99(65-87)100-66-88(50-62-112(100)125-111)122(110-70-106(118)98(68-108(110)120)76-29-43-84(116)44-30-76)86-47-33-74(34-48-86)78-36-60-96-94-20-12-14-22-102(94)114(104(96)64-78,80-17-9-6-10-18-80)82-39-57-92(58-40-82)124-90-53-25-72(4-2)26-54-90/h3-13,15,17,19-21,23-27,29-31,33,35-37,39-41,43,45-47,49-57,59-66,68-70,73-74,79-81,84,86,92,94,99-100,102,107,111-112H,1-2,14,16,18,22,28,32,34,38,42,44,48,58,67H2. The van der Waals surface area contributed by atoms with Gasteiger partial charge in [-0.15, -0.1) is 0 Å². The van der Waals surface area contributed by atoms with Crippen LogP contribution in [-0.4, -0.2) is 41.6 Å². The third-order valence-corrected chi connectivity index (χ3v) is 29.3. The van der Waals surface area contributed by atoms with Crippen molar-refractivity contribution in [3.63, 3.8) is 0 Å². The molecule has 14 aliphatic carbocycles. The van der Waals surface area contributed by atoms with Gasteiger partial charge in [0.2, 0.25) is 0 Å². The van der Waals surface area contributed by atoms with Crippen molar-refractivity contribution < 1.29 is 40.6 Å². The highest BCUT2D eigenvalue weighted by molar-refractivity contribution is 5.83. The smallest absolute Gasteiger partial charge is 0.147 e. The Morgan fingerprint density at radius 3 is 1.94 bits per heavy atom. The molecule has 1 aliphatic heterocycles. The van der Waals surface area contributed by atoms with Gasteiger partial charge in [-0.3, -0.25) is 0 Å². The number of hydrogen-bond acceptors (Lipinski definition) is 5. The largest absolute Gasteiger partial charge is 0.486 e. The summed E-state index contributed by atoms with van der Waals surface area (Å²) in [7, 11) is 0. The number of nitrogens with zero attached hydrogens (tertiary/aromatic N) is 2. The predicted octanol–water partition coefficient (Wildman–Crippen LogP) is 28.2. The lowest BCUT2D eigenvalue weighted by Crippen LogP contribution is -2.42. The third-order valence-electron chi connectivity index (χ3n) is 29.3. The van der Waals surface area contributed by atoms with Gasteiger partial charge in [0.1, 0.15) is 59.0 Å². The SMILES string of the molecule is C=Cc1ccc(OC2=CCC(C3(C4C=CC=CC4)c4ccccc4-c4ccc(C5C=CC(N(C6=CC7C(C=C6)OC6C=CC(N(c8cc(F)c(C9=CCC(F)C=C9)cc8F)C8C=CC(c9ccc%10c(c9)C(C9=CCC(Oc%11ccc(C=C)cc%11)C=C9)(C9C=CC=CC9)C9CCC=CC%109)CC8)=CC67)C6=CC(F)=C(C7=CC=C(F)CC7)CC6F)=CC5)cc43)C=C2)cc1. The lowest BCUT2D eigenvalue weighted by Gasteiger charge is -2.46. The van der Waals surface area contributed by atoms with Crippen molar-refractivity contribution in [1.29, 1.82) is 0 Å². The average Bonchev–Trinajstić information content (AvgIpc) is 1.56. The van der Waals surface area contributed by atoms with E-state index < -0.39 is 53.5 Å². The minimum absolute atomic E-state index is 0.00559. The van der Waals surface area contributed by atoms with E-state index >= 15 is 17.6 Å². The van der Waals surface area contributed by atoms with Crippen LogP contribution in [0.15, 0.2) is 392 Å². The number of alkyl halides is 2. The van der Waals surface area contributed by atoms with Crippen LogP contribution in [0.3, 0.4) is 0 Å². The molecule has 15 aliphatic rings. The van der Waals surface area contributed by atoms with Crippen molar-refractivity contribution in [1.82, 2.24) is 4.90 Å². The molecule has 5 nitrogen and oxygen atoms in total. The number of rotatable bonds is 20. The Labute approximate surface area is 729 Å². The summed E-state index contributed by atoms with van der Waals surface area (Å²) in [6.45, 7) is 7.86. The van der Waals surface area contributed by atoms with Crippen LogP contribution in [0.5, 0.6) is 11.5 Å². The fraction of sp³-hybridized carbons (Fsp3) is 0.263. The molecule has 21 rings (SSSR count). The summed E-state index contributed by atoms with van der Waals surface area (Å²) >= 11 is 0. The van der Waals surface area contributed by atoms with E-state index in [0.29, 0.717) is 53.4 Å². The number of ether oxygens (including phenoxy) is 3. The summed E-state index contributed by atoms with van der Waals surface area (Å²) in [6.07, 6.45) is 76.1. The first-order chi connectivity index (χ1) is 61.2. The number of fused-ring (bicyclic) bond motifs is 9. The molecule has 0 saturated carbocycles.